The van der Waals surface area contributed by atoms with Crippen molar-refractivity contribution in [2.24, 2.45) is 5.41 Å². The number of oxazole rings is 1. The minimum absolute atomic E-state index is 0.00253. The van der Waals surface area contributed by atoms with Crippen LogP contribution in [0.2, 0.25) is 0 Å². The minimum Gasteiger partial charge on any atom is -0.464 e. The zero-order valence-electron chi connectivity index (χ0n) is 21.1. The number of carbonyl (C=O) groups excluding carboxylic acids is 4. The summed E-state index contributed by atoms with van der Waals surface area (Å²) in [5.74, 6) is -1.67. The standard InChI is InChI=1S/C26H32N4O6/c1-15-11-19(24-29-20(13-36-24)25(34)35-5)28-23(33)22(26(2,3)4)30-21(32)8-6-7-16-9-10-18(27-14-31)17(15)12-16/h9-15,22H,6-8H2,1-5H3,(H,27,31)(H,28,33)(H,30,32)/t15-,22?/m0/s1. The maximum atomic E-state index is 13.4. The van der Waals surface area contributed by atoms with E-state index < -0.39 is 23.3 Å². The Bertz CT molecular complexity index is 1180. The number of fused-ring (bicyclic) bond motifs is 2. The second-order valence-electron chi connectivity index (χ2n) is 9.79. The van der Waals surface area contributed by atoms with Gasteiger partial charge in [-0.1, -0.05) is 39.8 Å². The summed E-state index contributed by atoms with van der Waals surface area (Å²) in [5.41, 5.74) is 2.00. The normalized spacial score (nSPS) is 19.3. The number of anilines is 1. The maximum Gasteiger partial charge on any atom is 0.360 e. The van der Waals surface area contributed by atoms with Crippen molar-refractivity contribution in [2.45, 2.75) is 58.9 Å². The van der Waals surface area contributed by atoms with Gasteiger partial charge in [-0.05, 0) is 41.5 Å². The van der Waals surface area contributed by atoms with Crippen LogP contribution in [0.3, 0.4) is 0 Å². The second-order valence-corrected chi connectivity index (χ2v) is 9.79. The van der Waals surface area contributed by atoms with E-state index in [0.717, 1.165) is 17.4 Å². The first kappa shape index (κ1) is 26.7. The molecule has 0 fully saturated rings. The van der Waals surface area contributed by atoms with E-state index in [1.54, 1.807) is 6.08 Å². The number of aryl methyl sites for hydroxylation is 1. The van der Waals surface area contributed by atoms with Crippen LogP contribution >= 0.6 is 0 Å². The molecule has 2 bridgehead atoms. The predicted octanol–water partition coefficient (Wildman–Crippen LogP) is 3.16. The van der Waals surface area contributed by atoms with E-state index in [0.29, 0.717) is 24.9 Å². The van der Waals surface area contributed by atoms with Gasteiger partial charge in [0.2, 0.25) is 24.1 Å². The Hall–Kier alpha value is -3.95. The van der Waals surface area contributed by atoms with Crippen molar-refractivity contribution in [1.82, 2.24) is 15.6 Å². The molecule has 192 valence electrons. The van der Waals surface area contributed by atoms with Crippen LogP contribution in [0.4, 0.5) is 5.69 Å². The monoisotopic (exact) mass is 496 g/mol. The topological polar surface area (TPSA) is 140 Å². The van der Waals surface area contributed by atoms with Crippen molar-refractivity contribution in [1.29, 1.82) is 0 Å². The lowest BCUT2D eigenvalue weighted by atomic mass is 9.85. The molecular weight excluding hydrogens is 464 g/mol. The first-order chi connectivity index (χ1) is 17.0. The van der Waals surface area contributed by atoms with Crippen LogP contribution in [0.15, 0.2) is 35.0 Å². The van der Waals surface area contributed by atoms with Gasteiger partial charge < -0.3 is 25.1 Å². The lowest BCUT2D eigenvalue weighted by Crippen LogP contribution is -2.53. The first-order valence-electron chi connectivity index (χ1n) is 11.7. The Kier molecular flexibility index (Phi) is 8.29. The largest absolute Gasteiger partial charge is 0.464 e. The molecule has 1 aromatic heterocycles. The highest BCUT2D eigenvalue weighted by Crippen LogP contribution is 2.30. The zero-order chi connectivity index (χ0) is 26.5. The number of carbonyl (C=O) groups is 4. The number of benzene rings is 1. The molecule has 36 heavy (non-hydrogen) atoms. The molecule has 0 aliphatic carbocycles. The van der Waals surface area contributed by atoms with E-state index in [4.69, 9.17) is 9.15 Å². The van der Waals surface area contributed by atoms with Gasteiger partial charge in [0.25, 0.3) is 0 Å². The molecule has 3 N–H and O–H groups in total. The summed E-state index contributed by atoms with van der Waals surface area (Å²) in [6.45, 7) is 7.47. The van der Waals surface area contributed by atoms with Crippen molar-refractivity contribution in [3.8, 4) is 0 Å². The van der Waals surface area contributed by atoms with Gasteiger partial charge >= 0.3 is 5.97 Å². The molecule has 10 heteroatoms. The van der Waals surface area contributed by atoms with E-state index >= 15 is 0 Å². The van der Waals surface area contributed by atoms with Gasteiger partial charge in [-0.25, -0.2) is 9.78 Å². The molecule has 0 saturated carbocycles. The van der Waals surface area contributed by atoms with Gasteiger partial charge in [0.05, 0.1) is 7.11 Å². The van der Waals surface area contributed by atoms with Crippen LogP contribution in [0, 0.1) is 5.41 Å². The van der Waals surface area contributed by atoms with Gasteiger partial charge in [-0.3, -0.25) is 14.4 Å². The molecular formula is C26H32N4O6. The highest BCUT2D eigenvalue weighted by molar-refractivity contribution is 5.94. The van der Waals surface area contributed by atoms with Crippen LogP contribution in [-0.4, -0.2) is 42.3 Å². The number of rotatable bonds is 4. The number of nitrogens with one attached hydrogen (secondary N) is 3. The first-order valence-corrected chi connectivity index (χ1v) is 11.7. The third-order valence-electron chi connectivity index (χ3n) is 5.93. The summed E-state index contributed by atoms with van der Waals surface area (Å²) in [4.78, 5) is 53.4. The fraction of sp³-hybridized carbons (Fsp3) is 0.423. The third kappa shape index (κ3) is 6.38. The van der Waals surface area contributed by atoms with Gasteiger partial charge in [0.15, 0.2) is 5.69 Å². The Balaban J connectivity index is 2.14. The van der Waals surface area contributed by atoms with E-state index in [1.165, 1.54) is 7.11 Å². The molecule has 1 aliphatic heterocycles. The Morgan fingerprint density at radius 1 is 1.25 bits per heavy atom. The lowest BCUT2D eigenvalue weighted by Gasteiger charge is -2.30. The Labute approximate surface area is 209 Å². The summed E-state index contributed by atoms with van der Waals surface area (Å²) in [7, 11) is 1.23. The van der Waals surface area contributed by atoms with Gasteiger partial charge in [-0.2, -0.15) is 0 Å². The number of ether oxygens (including phenoxy) is 1. The summed E-state index contributed by atoms with van der Waals surface area (Å²) in [6, 6.07) is 4.84. The molecule has 0 spiro atoms. The minimum atomic E-state index is -0.841. The van der Waals surface area contributed by atoms with Gasteiger partial charge in [0, 0.05) is 18.0 Å². The van der Waals surface area contributed by atoms with E-state index in [9.17, 15) is 19.2 Å². The molecule has 2 aromatic rings. The lowest BCUT2D eigenvalue weighted by molar-refractivity contribution is -0.130. The molecule has 2 atom stereocenters. The second kappa shape index (κ2) is 11.2. The smallest absolute Gasteiger partial charge is 0.360 e. The van der Waals surface area contributed by atoms with Crippen LogP contribution in [0.5, 0.6) is 0 Å². The number of allylic oxidation sites excluding steroid dienone is 1. The molecule has 1 aliphatic rings. The van der Waals surface area contributed by atoms with E-state index in [-0.39, 0.29) is 35.5 Å². The van der Waals surface area contributed by atoms with Gasteiger partial charge in [-0.15, -0.1) is 0 Å². The maximum absolute atomic E-state index is 13.4. The molecule has 3 amide bonds. The zero-order valence-corrected chi connectivity index (χ0v) is 21.1. The highest BCUT2D eigenvalue weighted by Gasteiger charge is 2.34. The quantitative estimate of drug-likeness (QED) is 0.436. The van der Waals surface area contributed by atoms with E-state index in [1.807, 2.05) is 45.9 Å². The van der Waals surface area contributed by atoms with Crippen molar-refractivity contribution in [3.05, 3.63) is 53.2 Å². The summed E-state index contributed by atoms with van der Waals surface area (Å²) < 4.78 is 10.2. The number of methoxy groups -OCH3 is 1. The molecule has 10 nitrogen and oxygen atoms in total. The summed E-state index contributed by atoms with van der Waals surface area (Å²) in [6.07, 6.45) is 4.99. The molecule has 1 unspecified atom stereocenters. The number of nitrogens with zero attached hydrogens (tertiary/aromatic N) is 1. The number of aromatic nitrogens is 1. The van der Waals surface area contributed by atoms with E-state index in [2.05, 4.69) is 20.9 Å². The highest BCUT2D eigenvalue weighted by atomic mass is 16.5. The summed E-state index contributed by atoms with van der Waals surface area (Å²) in [5, 5.41) is 8.41. The van der Waals surface area contributed by atoms with Gasteiger partial charge in [0.1, 0.15) is 18.0 Å². The van der Waals surface area contributed by atoms with Crippen LogP contribution < -0.4 is 16.0 Å². The SMILES string of the molecule is COC(=O)c1coc(C2=C[C@H](C)c3cc(ccc3NC=O)CCCC(=O)NC(C(C)(C)C)C(=O)N2)n1. The van der Waals surface area contributed by atoms with Crippen molar-refractivity contribution in [3.63, 3.8) is 0 Å². The fourth-order valence-corrected chi connectivity index (χ4v) is 4.01. The molecule has 3 rings (SSSR count). The molecule has 0 radical (unpaired) electrons. The third-order valence-corrected chi connectivity index (χ3v) is 5.93. The Morgan fingerprint density at radius 2 is 2.00 bits per heavy atom. The number of hydrogen-bond donors (Lipinski definition) is 3. The average Bonchev–Trinajstić information content (AvgIpc) is 3.31. The van der Waals surface area contributed by atoms with Crippen LogP contribution in [0.25, 0.3) is 5.70 Å². The number of esters is 1. The number of hydrogen-bond acceptors (Lipinski definition) is 7. The number of amides is 3. The average molecular weight is 497 g/mol. The van der Waals surface area contributed by atoms with Crippen LogP contribution in [-0.2, 0) is 25.5 Å². The van der Waals surface area contributed by atoms with Crippen LogP contribution in [0.1, 0.15) is 74.0 Å². The predicted molar refractivity (Wildman–Crippen MR) is 133 cm³/mol. The molecule has 1 aromatic carbocycles. The Morgan fingerprint density at radius 3 is 2.67 bits per heavy atom. The molecule has 0 saturated heterocycles. The van der Waals surface area contributed by atoms with Crippen molar-refractivity contribution >= 4 is 35.6 Å². The van der Waals surface area contributed by atoms with Crippen molar-refractivity contribution < 1.29 is 28.3 Å². The fourth-order valence-electron chi connectivity index (χ4n) is 4.01. The molecule has 2 heterocycles. The van der Waals surface area contributed by atoms with Crippen molar-refractivity contribution in [2.75, 3.05) is 12.4 Å². The summed E-state index contributed by atoms with van der Waals surface area (Å²) >= 11 is 0.